The van der Waals surface area contributed by atoms with E-state index in [-0.39, 0.29) is 118 Å². The van der Waals surface area contributed by atoms with Crippen molar-refractivity contribution in [2.75, 3.05) is 103 Å². The Labute approximate surface area is 655 Å². The number of para-hydroxylation sites is 6. The van der Waals surface area contributed by atoms with Crippen LogP contribution in [0, 0.1) is 0 Å². The lowest BCUT2D eigenvalue weighted by atomic mass is 10.1. The molecule has 0 bridgehead atoms. The molecule has 0 spiro atoms. The number of hydrogen-bond acceptors (Lipinski definition) is 25. The van der Waals surface area contributed by atoms with E-state index >= 15 is 0 Å². The van der Waals surface area contributed by atoms with Gasteiger partial charge in [0.1, 0.15) is 117 Å². The highest BCUT2D eigenvalue weighted by atomic mass is 16.5. The van der Waals surface area contributed by atoms with Crippen LogP contribution in [0.3, 0.4) is 0 Å². The molecule has 6 aromatic rings. The number of ether oxygens (including phenoxy) is 2. The molecule has 0 saturated heterocycles. The van der Waals surface area contributed by atoms with Crippen molar-refractivity contribution in [2.24, 2.45) is 0 Å². The number of anilines is 6. The van der Waals surface area contributed by atoms with Crippen LogP contribution in [0.5, 0.6) is 17.2 Å². The maximum atomic E-state index is 13.8. The Morgan fingerprint density at radius 1 is 0.409 bits per heavy atom. The fourth-order valence-electron chi connectivity index (χ4n) is 12.1. The minimum Gasteiger partial charge on any atom is -0.508 e. The summed E-state index contributed by atoms with van der Waals surface area (Å²) in [6, 6.07) is 29.0. The Kier molecular flexibility index (Phi) is 32.1. The van der Waals surface area contributed by atoms with Gasteiger partial charge in [-0.2, -0.15) is 0 Å². The summed E-state index contributed by atoms with van der Waals surface area (Å²) in [7, 11) is 2.59. The molecule has 37 heteroatoms. The summed E-state index contributed by atoms with van der Waals surface area (Å²) < 4.78 is 10.4. The Morgan fingerprint density at radius 2 is 0.704 bits per heavy atom. The smallest absolute Gasteiger partial charge is 0.293 e. The normalized spacial score (nSPS) is 15.5. The zero-order chi connectivity index (χ0) is 84.3. The van der Waals surface area contributed by atoms with E-state index in [1.54, 1.807) is 78.9 Å². The number of nitrogens with zero attached hydrogens (tertiary/aromatic N) is 6. The molecule has 6 atom stereocenters. The molecule has 9 rings (SSSR count). The molecule has 0 aliphatic carbocycles. The molecule has 604 valence electrons. The van der Waals surface area contributed by atoms with Crippen molar-refractivity contribution in [1.29, 1.82) is 0 Å². The van der Waals surface area contributed by atoms with Crippen molar-refractivity contribution in [3.05, 3.63) is 162 Å². The first kappa shape index (κ1) is 88.1. The van der Waals surface area contributed by atoms with Crippen LogP contribution in [0.25, 0.3) is 0 Å². The number of hydrogen-bond donors (Lipinski definition) is 10. The second-order valence-electron chi connectivity index (χ2n) is 25.7. The predicted molar refractivity (Wildman–Crippen MR) is 407 cm³/mol. The van der Waals surface area contributed by atoms with E-state index in [4.69, 9.17) is 9.47 Å². The van der Waals surface area contributed by atoms with Crippen LogP contribution >= 0.6 is 0 Å². The highest BCUT2D eigenvalue weighted by Gasteiger charge is 2.42. The minimum atomic E-state index is -1.56. The van der Waals surface area contributed by atoms with Gasteiger partial charge in [0.05, 0.1) is 86.1 Å². The summed E-state index contributed by atoms with van der Waals surface area (Å²) in [5.41, 5.74) is 1.29. The Balaban J connectivity index is 0.000000240. The molecule has 3 heterocycles. The Morgan fingerprint density at radius 3 is 1.00 bits per heavy atom. The number of aldehydes is 3. The molecule has 115 heavy (non-hydrogen) atoms. The largest absolute Gasteiger partial charge is 0.508 e. The number of ketones is 4. The van der Waals surface area contributed by atoms with E-state index in [1.807, 2.05) is 0 Å². The SMILES string of the molecule is CC(=O)C[C@@H](C=O)NC(=O)CN1C(=O)[C@@H](NC(=O)c2ccc(O)cc2)CN(C(=O)CO)c2ccccc21.CC(=O)C[C@@H](C=O)NC(=O)CN1C(=O)[C@@H](NC(=O)c2ccccc2)CN(C(=O)CO)c2ccccc21.COc1cccc(OC)c1C(=O)C(=O)N[C@H]1CN(C(=O)CO)c2ccccc2N(CC(=O)N[C@H](C=O)CC(C)=O)C1=O. The van der Waals surface area contributed by atoms with Gasteiger partial charge in [-0.1, -0.05) is 60.7 Å². The highest BCUT2D eigenvalue weighted by Crippen LogP contribution is 2.37. The summed E-state index contributed by atoms with van der Waals surface area (Å²) in [6.45, 7) is -1.74. The number of carbonyl (C=O) groups excluding carboxylic acids is 19. The number of Topliss-reactive ketones (excluding diaryl/α,β-unsaturated/α-hetero) is 4. The third-order valence-electron chi connectivity index (χ3n) is 17.4. The zero-order valence-electron chi connectivity index (χ0n) is 62.6. The predicted octanol–water partition coefficient (Wildman–Crippen LogP) is -1.25. The van der Waals surface area contributed by atoms with Crippen molar-refractivity contribution in [2.45, 2.75) is 76.3 Å². The third-order valence-corrected chi connectivity index (χ3v) is 17.4. The maximum Gasteiger partial charge on any atom is 0.293 e. The number of amides is 12. The highest BCUT2D eigenvalue weighted by molar-refractivity contribution is 6.44. The number of methoxy groups -OCH3 is 2. The fraction of sp³-hybridized carbons (Fsp3) is 0.295. The number of nitrogens with one attached hydrogen (secondary N) is 6. The van der Waals surface area contributed by atoms with Crippen molar-refractivity contribution in [1.82, 2.24) is 31.9 Å². The molecule has 0 saturated carbocycles. The van der Waals surface area contributed by atoms with Gasteiger partial charge >= 0.3 is 0 Å². The van der Waals surface area contributed by atoms with E-state index in [0.29, 0.717) is 18.9 Å². The Bertz CT molecular complexity index is 4690. The molecule has 6 aromatic carbocycles. The van der Waals surface area contributed by atoms with Gasteiger partial charge in [-0.25, -0.2) is 0 Å². The summed E-state index contributed by atoms with van der Waals surface area (Å²) in [4.78, 5) is 244. The standard InChI is InChI=1S/C28H30N4O10.C25H26N4O8.C25H26N4O7/c1-16(35)11-17(14-33)29-23(36)13-32-20-8-5-4-7-19(20)31(24(37)15-34)12-18(28(32)40)30-27(39)26(38)25-21(41-2)9-6-10-22(25)42-3;1-15(32)10-17(13-30)26-22(34)12-29-21-5-3-2-4-20(21)28(23(35)14-31)11-19(25(29)37)27-24(36)16-6-8-18(33)9-7-16;1-16(32)11-18(14-30)26-22(33)13-29-21-10-6-5-9-20(21)28(23(34)15-31)12-19(25(29)36)27-24(35)17-7-3-2-4-8-17/h4-10,14,17-18,34H,11-13,15H2,1-3H3,(H,29,36)(H,30,39);2-9,13,17,19,31,33H,10-12,14H2,1H3,(H,26,34)(H,27,36);2-10,14,18-19,31H,11-13,15H2,1H3,(H,26,33)(H,27,35)/t17-,18-;17-,19-;18-,19-/m000/s1. The molecular formula is C78H82N12O25. The number of aliphatic hydroxyl groups excluding tert-OH is 3. The molecule has 0 radical (unpaired) electrons. The van der Waals surface area contributed by atoms with Gasteiger partial charge in [-0.05, 0) is 106 Å². The first-order valence-corrected chi connectivity index (χ1v) is 35.1. The van der Waals surface area contributed by atoms with Gasteiger partial charge in [0.15, 0.2) is 0 Å². The van der Waals surface area contributed by atoms with Crippen LogP contribution in [-0.4, -0.2) is 243 Å². The van der Waals surface area contributed by atoms with Gasteiger partial charge in [0, 0.05) is 30.4 Å². The first-order chi connectivity index (χ1) is 54.9. The van der Waals surface area contributed by atoms with Crippen molar-refractivity contribution < 1.29 is 121 Å². The second-order valence-corrected chi connectivity index (χ2v) is 25.7. The van der Waals surface area contributed by atoms with Crippen molar-refractivity contribution in [3.63, 3.8) is 0 Å². The van der Waals surface area contributed by atoms with E-state index in [2.05, 4.69) is 31.9 Å². The zero-order valence-corrected chi connectivity index (χ0v) is 62.6. The molecule has 0 fully saturated rings. The maximum absolute atomic E-state index is 13.8. The minimum absolute atomic E-state index is 0.0415. The van der Waals surface area contributed by atoms with Gasteiger partial charge in [0.2, 0.25) is 17.7 Å². The molecule has 3 aliphatic heterocycles. The number of aliphatic hydroxyl groups is 3. The number of benzene rings is 6. The number of aromatic hydroxyl groups is 1. The van der Waals surface area contributed by atoms with Crippen molar-refractivity contribution in [3.8, 4) is 17.2 Å². The number of phenolic OH excluding ortho intramolecular Hbond substituents is 1. The molecule has 12 amide bonds. The van der Waals surface area contributed by atoms with Gasteiger partial charge < -0.3 is 90.9 Å². The number of rotatable bonds is 30. The topological polar surface area (TPSA) is 515 Å². The summed E-state index contributed by atoms with van der Waals surface area (Å²) in [6.07, 6.45) is 0.561. The lowest BCUT2D eigenvalue weighted by Gasteiger charge is -2.25. The van der Waals surface area contributed by atoms with Crippen molar-refractivity contribution >= 4 is 147 Å². The van der Waals surface area contributed by atoms with Crippen LogP contribution < -0.4 is 70.8 Å². The number of carbonyl (C=O) groups is 19. The summed E-state index contributed by atoms with van der Waals surface area (Å²) in [5.74, 6) is -11.3. The molecule has 0 unspecified atom stereocenters. The molecule has 37 nitrogen and oxygen atoms in total. The van der Waals surface area contributed by atoms with E-state index in [0.717, 1.165) is 24.5 Å². The third kappa shape index (κ3) is 23.3. The number of phenols is 1. The second kappa shape index (κ2) is 41.8. The summed E-state index contributed by atoms with van der Waals surface area (Å²) >= 11 is 0. The molecular weight excluding hydrogens is 1500 g/mol. The molecule has 0 aromatic heterocycles. The van der Waals surface area contributed by atoms with Crippen LogP contribution in [0.15, 0.2) is 146 Å². The Hall–Kier alpha value is -14.1. The molecule has 10 N–H and O–H groups in total. The van der Waals surface area contributed by atoms with Crippen LogP contribution in [0.1, 0.15) is 71.1 Å². The monoisotopic (exact) mass is 1590 g/mol. The van der Waals surface area contributed by atoms with Crippen LogP contribution in [0.2, 0.25) is 0 Å². The van der Waals surface area contributed by atoms with E-state index < -0.39 is 159 Å². The van der Waals surface area contributed by atoms with Gasteiger partial charge in [-0.15, -0.1) is 0 Å². The fourth-order valence-corrected chi connectivity index (χ4v) is 12.1. The quantitative estimate of drug-likeness (QED) is 0.0143. The van der Waals surface area contributed by atoms with Gasteiger partial charge in [0.25, 0.3) is 58.9 Å². The average molecular weight is 1590 g/mol. The van der Waals surface area contributed by atoms with Crippen LogP contribution in [0.4, 0.5) is 34.1 Å². The summed E-state index contributed by atoms with van der Waals surface area (Å²) in [5, 5.41) is 52.8. The lowest BCUT2D eigenvalue weighted by molar-refractivity contribution is -0.128. The lowest BCUT2D eigenvalue weighted by Crippen LogP contribution is -2.56. The van der Waals surface area contributed by atoms with Gasteiger partial charge in [-0.3, -0.25) is 91.4 Å². The molecule has 3 aliphatic rings. The first-order valence-electron chi connectivity index (χ1n) is 35.1. The van der Waals surface area contributed by atoms with Crippen LogP contribution in [-0.2, 0) is 76.7 Å². The number of fused-ring (bicyclic) bond motifs is 3. The average Bonchev–Trinajstić information content (AvgIpc) is 1.64. The van der Waals surface area contributed by atoms with E-state index in [1.165, 1.54) is 107 Å². The van der Waals surface area contributed by atoms with E-state index in [9.17, 15) is 112 Å².